The fourth-order valence-corrected chi connectivity index (χ4v) is 2.34. The topological polar surface area (TPSA) is 130 Å². The van der Waals surface area contributed by atoms with E-state index in [1.54, 1.807) is 0 Å². The lowest BCUT2D eigenvalue weighted by Crippen LogP contribution is -2.31. The van der Waals surface area contributed by atoms with Crippen molar-refractivity contribution in [3.8, 4) is 11.3 Å². The number of nitro groups is 1. The Hall–Kier alpha value is -3.23. The smallest absolute Gasteiger partial charge is 0.291 e. The quantitative estimate of drug-likeness (QED) is 0.505. The third-order valence-electron chi connectivity index (χ3n) is 3.90. The average Bonchev–Trinajstić information content (AvgIpc) is 2.62. The SMILES string of the molecule is CC[C@@H](C)NC(=O)c1cc(-c2cnc(NC(C)C)c(=O)[nH]2)cc([N+](=O)[O-])c1. The van der Waals surface area contributed by atoms with Gasteiger partial charge in [0.2, 0.25) is 0 Å². The largest absolute Gasteiger partial charge is 0.363 e. The molecule has 27 heavy (non-hydrogen) atoms. The monoisotopic (exact) mass is 373 g/mol. The van der Waals surface area contributed by atoms with Crippen LogP contribution in [0.15, 0.2) is 29.2 Å². The van der Waals surface area contributed by atoms with Crippen LogP contribution in [0.3, 0.4) is 0 Å². The number of amides is 1. The first-order valence-corrected chi connectivity index (χ1v) is 8.67. The van der Waals surface area contributed by atoms with Gasteiger partial charge in [0.05, 0.1) is 16.8 Å². The number of hydrogen-bond donors (Lipinski definition) is 3. The molecule has 2 rings (SSSR count). The van der Waals surface area contributed by atoms with Crippen LogP contribution in [0.1, 0.15) is 44.5 Å². The van der Waals surface area contributed by atoms with Gasteiger partial charge in [0, 0.05) is 35.3 Å². The number of carbonyl (C=O) groups is 1. The van der Waals surface area contributed by atoms with Crippen molar-refractivity contribution in [1.82, 2.24) is 15.3 Å². The number of hydrogen-bond acceptors (Lipinski definition) is 6. The first-order chi connectivity index (χ1) is 12.7. The van der Waals surface area contributed by atoms with Crippen LogP contribution in [0.25, 0.3) is 11.3 Å². The van der Waals surface area contributed by atoms with E-state index >= 15 is 0 Å². The fourth-order valence-electron chi connectivity index (χ4n) is 2.34. The highest BCUT2D eigenvalue weighted by Crippen LogP contribution is 2.24. The summed E-state index contributed by atoms with van der Waals surface area (Å²) in [5, 5.41) is 16.9. The molecule has 1 heterocycles. The van der Waals surface area contributed by atoms with Gasteiger partial charge in [0.1, 0.15) is 0 Å². The molecule has 144 valence electrons. The normalized spacial score (nSPS) is 11.9. The van der Waals surface area contributed by atoms with Crippen LogP contribution in [0.5, 0.6) is 0 Å². The summed E-state index contributed by atoms with van der Waals surface area (Å²) in [7, 11) is 0. The average molecular weight is 373 g/mol. The van der Waals surface area contributed by atoms with Crippen LogP contribution in [0.4, 0.5) is 11.5 Å². The molecular formula is C18H23N5O4. The van der Waals surface area contributed by atoms with Gasteiger partial charge in [-0.05, 0) is 33.3 Å². The zero-order valence-electron chi connectivity index (χ0n) is 15.7. The molecule has 0 unspecified atom stereocenters. The van der Waals surface area contributed by atoms with Crippen LogP contribution >= 0.6 is 0 Å². The predicted octanol–water partition coefficient (Wildman–Crippen LogP) is 2.69. The molecule has 0 aliphatic heterocycles. The molecule has 0 aliphatic carbocycles. The van der Waals surface area contributed by atoms with Crippen LogP contribution in [-0.4, -0.2) is 32.9 Å². The summed E-state index contributed by atoms with van der Waals surface area (Å²) < 4.78 is 0. The van der Waals surface area contributed by atoms with Gasteiger partial charge >= 0.3 is 0 Å². The second-order valence-electron chi connectivity index (χ2n) is 6.58. The highest BCUT2D eigenvalue weighted by atomic mass is 16.6. The maximum absolute atomic E-state index is 12.4. The van der Waals surface area contributed by atoms with Crippen molar-refractivity contribution in [3.63, 3.8) is 0 Å². The number of nitro benzene ring substituents is 1. The van der Waals surface area contributed by atoms with Gasteiger partial charge in [-0.25, -0.2) is 4.98 Å². The molecular weight excluding hydrogens is 350 g/mol. The number of aromatic amines is 1. The molecule has 1 atom stereocenters. The Morgan fingerprint density at radius 2 is 2.00 bits per heavy atom. The molecule has 1 aromatic carbocycles. The Morgan fingerprint density at radius 1 is 1.30 bits per heavy atom. The summed E-state index contributed by atoms with van der Waals surface area (Å²) in [6, 6.07) is 3.96. The number of rotatable bonds is 7. The second kappa shape index (κ2) is 8.43. The number of aromatic nitrogens is 2. The standard InChI is InChI=1S/C18H23N5O4/c1-5-11(4)21-17(24)13-6-12(7-14(8-13)23(26)27)15-9-19-16(18(25)22-15)20-10(2)3/h6-11H,5H2,1-4H3,(H,19,20)(H,21,24)(H,22,25)/t11-/m1/s1. The second-order valence-corrected chi connectivity index (χ2v) is 6.58. The molecule has 2 aromatic rings. The van der Waals surface area contributed by atoms with Crippen molar-refractivity contribution < 1.29 is 9.72 Å². The van der Waals surface area contributed by atoms with Crippen molar-refractivity contribution in [2.24, 2.45) is 0 Å². The van der Waals surface area contributed by atoms with Crippen molar-refractivity contribution in [3.05, 3.63) is 50.4 Å². The van der Waals surface area contributed by atoms with Crippen molar-refractivity contribution in [2.45, 2.75) is 46.2 Å². The molecule has 0 radical (unpaired) electrons. The number of nitrogens with zero attached hydrogens (tertiary/aromatic N) is 2. The summed E-state index contributed by atoms with van der Waals surface area (Å²) in [5.74, 6) is -0.253. The molecule has 0 spiro atoms. The fraction of sp³-hybridized carbons (Fsp3) is 0.389. The van der Waals surface area contributed by atoms with E-state index in [0.717, 1.165) is 6.42 Å². The van der Waals surface area contributed by atoms with E-state index in [4.69, 9.17) is 0 Å². The van der Waals surface area contributed by atoms with Crippen LogP contribution in [-0.2, 0) is 0 Å². The first-order valence-electron chi connectivity index (χ1n) is 8.67. The van der Waals surface area contributed by atoms with Crippen LogP contribution in [0.2, 0.25) is 0 Å². The van der Waals surface area contributed by atoms with Gasteiger partial charge in [0.15, 0.2) is 5.82 Å². The molecule has 1 aromatic heterocycles. The van der Waals surface area contributed by atoms with Gasteiger partial charge < -0.3 is 15.6 Å². The number of non-ortho nitro benzene ring substituents is 1. The summed E-state index contributed by atoms with van der Waals surface area (Å²) >= 11 is 0. The Kier molecular flexibility index (Phi) is 6.27. The number of carbonyl (C=O) groups excluding carboxylic acids is 1. The maximum Gasteiger partial charge on any atom is 0.291 e. The highest BCUT2D eigenvalue weighted by molar-refractivity contribution is 5.96. The highest BCUT2D eigenvalue weighted by Gasteiger charge is 2.17. The minimum absolute atomic E-state index is 0.0260. The Bertz CT molecular complexity index is 907. The van der Waals surface area contributed by atoms with Gasteiger partial charge in [-0.2, -0.15) is 0 Å². The van der Waals surface area contributed by atoms with Crippen molar-refractivity contribution in [1.29, 1.82) is 0 Å². The molecule has 3 N–H and O–H groups in total. The molecule has 0 saturated heterocycles. The van der Waals surface area contributed by atoms with E-state index in [2.05, 4.69) is 20.6 Å². The maximum atomic E-state index is 12.4. The van der Waals surface area contributed by atoms with E-state index in [1.807, 2.05) is 27.7 Å². The van der Waals surface area contributed by atoms with Gasteiger partial charge in [-0.15, -0.1) is 0 Å². The lowest BCUT2D eigenvalue weighted by Gasteiger charge is -2.12. The van der Waals surface area contributed by atoms with E-state index in [1.165, 1.54) is 24.4 Å². The third-order valence-corrected chi connectivity index (χ3v) is 3.90. The summed E-state index contributed by atoms with van der Waals surface area (Å²) in [6.45, 7) is 7.51. The lowest BCUT2D eigenvalue weighted by molar-refractivity contribution is -0.384. The lowest BCUT2D eigenvalue weighted by atomic mass is 10.1. The summed E-state index contributed by atoms with van der Waals surface area (Å²) in [6.07, 6.45) is 2.14. The molecule has 0 bridgehead atoms. The van der Waals surface area contributed by atoms with Crippen molar-refractivity contribution >= 4 is 17.4 Å². The molecule has 0 fully saturated rings. The number of nitrogens with one attached hydrogen (secondary N) is 3. The third kappa shape index (κ3) is 5.13. The zero-order valence-corrected chi connectivity index (χ0v) is 15.7. The van der Waals surface area contributed by atoms with Gasteiger partial charge in [-0.1, -0.05) is 6.92 Å². The van der Waals surface area contributed by atoms with E-state index in [0.29, 0.717) is 5.56 Å². The number of anilines is 1. The van der Waals surface area contributed by atoms with Crippen LogP contribution < -0.4 is 16.2 Å². The van der Waals surface area contributed by atoms with Crippen molar-refractivity contribution in [2.75, 3.05) is 5.32 Å². The molecule has 9 nitrogen and oxygen atoms in total. The van der Waals surface area contributed by atoms with E-state index in [9.17, 15) is 19.7 Å². The van der Waals surface area contributed by atoms with E-state index < -0.39 is 16.4 Å². The summed E-state index contributed by atoms with van der Waals surface area (Å²) in [5.41, 5.74) is 0.0740. The Morgan fingerprint density at radius 3 is 2.56 bits per heavy atom. The summed E-state index contributed by atoms with van der Waals surface area (Å²) in [4.78, 5) is 42.0. The van der Waals surface area contributed by atoms with Crippen LogP contribution in [0, 0.1) is 10.1 Å². The molecule has 9 heteroatoms. The number of benzene rings is 1. The molecule has 0 aliphatic rings. The Labute approximate surface area is 156 Å². The minimum Gasteiger partial charge on any atom is -0.363 e. The zero-order chi connectivity index (χ0) is 20.1. The Balaban J connectivity index is 2.47. The van der Waals surface area contributed by atoms with Gasteiger partial charge in [-0.3, -0.25) is 19.7 Å². The van der Waals surface area contributed by atoms with Gasteiger partial charge in [0.25, 0.3) is 17.2 Å². The van der Waals surface area contributed by atoms with E-state index in [-0.39, 0.29) is 34.8 Å². The minimum atomic E-state index is -0.580. The number of H-pyrrole nitrogens is 1. The molecule has 0 saturated carbocycles. The first kappa shape index (κ1) is 20.1. The molecule has 1 amide bonds. The predicted molar refractivity (Wildman–Crippen MR) is 103 cm³/mol.